The molecule has 3 heterocycles. The van der Waals surface area contributed by atoms with Gasteiger partial charge in [-0.3, -0.25) is 14.5 Å². The summed E-state index contributed by atoms with van der Waals surface area (Å²) in [5, 5.41) is 25.1. The number of aliphatic hydroxyl groups excluding tert-OH is 1. The molecule has 3 aliphatic heterocycles. The summed E-state index contributed by atoms with van der Waals surface area (Å²) < 4.78 is 5.08. The molecule has 2 saturated heterocycles. The van der Waals surface area contributed by atoms with Crippen LogP contribution in [-0.2, 0) is 14.3 Å². The van der Waals surface area contributed by atoms with Crippen molar-refractivity contribution in [1.29, 1.82) is 0 Å². The molecule has 3 aliphatic rings. The fourth-order valence-corrected chi connectivity index (χ4v) is 7.42. The number of hydrogen-bond acceptors (Lipinski definition) is 9. The molecule has 0 unspecified atom stereocenters. The number of anilines is 1. The number of carboxylic acid groups (broad SMARTS) is 1. The van der Waals surface area contributed by atoms with Crippen LogP contribution in [0.5, 0.6) is 0 Å². The van der Waals surface area contributed by atoms with Crippen LogP contribution in [0.3, 0.4) is 0 Å². The SMILES string of the molecule is C[C@H]1C(S[C@@H]2CN[C@H](CSc3ccc(NC(=O)CCN)cc3)C2)=C(OC(=O)O)N2C(=O)[C@@H](CCO)[C@@H]12. The number of aliphatic hydroxyl groups is 1. The molecule has 10 nitrogen and oxygen atoms in total. The number of ether oxygens (including phenoxy) is 1. The normalized spacial score (nSPS) is 27.1. The molecule has 0 spiro atoms. The lowest BCUT2D eigenvalue weighted by Crippen LogP contribution is -2.60. The van der Waals surface area contributed by atoms with Gasteiger partial charge in [-0.1, -0.05) is 6.92 Å². The van der Waals surface area contributed by atoms with E-state index in [4.69, 9.17) is 10.5 Å². The molecule has 1 aromatic carbocycles. The van der Waals surface area contributed by atoms with E-state index < -0.39 is 6.16 Å². The van der Waals surface area contributed by atoms with E-state index in [0.717, 1.165) is 34.2 Å². The lowest BCUT2D eigenvalue weighted by molar-refractivity contribution is -0.156. The fourth-order valence-electron chi connectivity index (χ4n) is 4.98. The molecule has 36 heavy (non-hydrogen) atoms. The zero-order valence-electron chi connectivity index (χ0n) is 20.0. The van der Waals surface area contributed by atoms with E-state index in [-0.39, 0.29) is 47.4 Å². The largest absolute Gasteiger partial charge is 0.512 e. The van der Waals surface area contributed by atoms with Crippen molar-refractivity contribution >= 4 is 47.2 Å². The van der Waals surface area contributed by atoms with Crippen LogP contribution < -0.4 is 16.4 Å². The molecule has 0 radical (unpaired) electrons. The molecule has 0 bridgehead atoms. The predicted octanol–water partition coefficient (Wildman–Crippen LogP) is 2.25. The minimum Gasteiger partial charge on any atom is -0.449 e. The van der Waals surface area contributed by atoms with Crippen LogP contribution in [0.4, 0.5) is 10.5 Å². The summed E-state index contributed by atoms with van der Waals surface area (Å²) in [6.07, 6.45) is 0.132. The number of benzene rings is 1. The van der Waals surface area contributed by atoms with Crippen LogP contribution in [-0.4, -0.2) is 75.9 Å². The highest BCUT2D eigenvalue weighted by atomic mass is 32.2. The van der Waals surface area contributed by atoms with Crippen molar-refractivity contribution in [2.45, 2.75) is 48.4 Å². The number of hydrogen-bond donors (Lipinski definition) is 5. The number of thioether (sulfide) groups is 2. The van der Waals surface area contributed by atoms with Crippen molar-refractivity contribution in [2.75, 3.05) is 30.8 Å². The van der Waals surface area contributed by atoms with Crippen molar-refractivity contribution in [3.05, 3.63) is 35.1 Å². The monoisotopic (exact) mass is 536 g/mol. The Morgan fingerprint density at radius 3 is 2.72 bits per heavy atom. The maximum atomic E-state index is 12.6. The van der Waals surface area contributed by atoms with Gasteiger partial charge < -0.3 is 31.3 Å². The highest BCUT2D eigenvalue weighted by Gasteiger charge is 2.58. The standard InChI is InChI=1S/C24H32N4O6S2/c1-13-20-18(7-9-29)22(31)28(20)23(34-24(32)33)21(13)36-17-10-15(26-11-17)12-35-16-4-2-14(3-5-16)27-19(30)6-8-25/h2-5,13,15,17-18,20,26,29H,6-12,25H2,1H3,(H,27,30)(H,32,33)/t13-,15+,17+,18+,20-/m1/s1. The Kier molecular flexibility index (Phi) is 8.83. The van der Waals surface area contributed by atoms with E-state index in [9.17, 15) is 24.6 Å². The molecule has 6 N–H and O–H groups in total. The minimum absolute atomic E-state index is 0.0455. The number of fused-ring (bicyclic) bond motifs is 1. The lowest BCUT2D eigenvalue weighted by Gasteiger charge is -2.44. The van der Waals surface area contributed by atoms with Gasteiger partial charge >= 0.3 is 6.16 Å². The summed E-state index contributed by atoms with van der Waals surface area (Å²) in [6, 6.07) is 7.85. The number of rotatable bonds is 11. The van der Waals surface area contributed by atoms with Gasteiger partial charge in [0.05, 0.1) is 16.9 Å². The van der Waals surface area contributed by atoms with Gasteiger partial charge in [0, 0.05) is 59.7 Å². The van der Waals surface area contributed by atoms with Crippen LogP contribution >= 0.6 is 23.5 Å². The van der Waals surface area contributed by atoms with Crippen molar-refractivity contribution < 1.29 is 29.3 Å². The first-order valence-electron chi connectivity index (χ1n) is 12.0. The van der Waals surface area contributed by atoms with Gasteiger partial charge in [-0.15, -0.1) is 23.5 Å². The molecule has 2 fully saturated rings. The first kappa shape index (κ1) is 26.8. The van der Waals surface area contributed by atoms with Crippen LogP contribution in [0.25, 0.3) is 0 Å². The van der Waals surface area contributed by atoms with Crippen LogP contribution in [0.15, 0.2) is 39.9 Å². The molecule has 4 rings (SSSR count). The Balaban J connectivity index is 1.31. The molecule has 0 saturated carbocycles. The quantitative estimate of drug-likeness (QED) is 0.162. The molecule has 196 valence electrons. The lowest BCUT2D eigenvalue weighted by atomic mass is 9.80. The highest BCUT2D eigenvalue weighted by molar-refractivity contribution is 8.03. The Morgan fingerprint density at radius 1 is 1.31 bits per heavy atom. The molecule has 12 heteroatoms. The van der Waals surface area contributed by atoms with Crippen molar-refractivity contribution in [2.24, 2.45) is 17.6 Å². The second-order valence-corrected chi connectivity index (χ2v) is 11.6. The first-order chi connectivity index (χ1) is 17.3. The van der Waals surface area contributed by atoms with Gasteiger partial charge in [-0.2, -0.15) is 0 Å². The number of carbonyl (C=O) groups is 3. The van der Waals surface area contributed by atoms with Gasteiger partial charge in [0.15, 0.2) is 0 Å². The maximum Gasteiger partial charge on any atom is 0.512 e. The molecule has 1 aromatic rings. The topological polar surface area (TPSA) is 154 Å². The van der Waals surface area contributed by atoms with Crippen molar-refractivity contribution in [3.8, 4) is 0 Å². The molecular weight excluding hydrogens is 504 g/mol. The maximum absolute atomic E-state index is 12.6. The van der Waals surface area contributed by atoms with E-state index in [2.05, 4.69) is 10.6 Å². The third-order valence-electron chi connectivity index (χ3n) is 6.68. The van der Waals surface area contributed by atoms with E-state index in [1.165, 1.54) is 4.90 Å². The second-order valence-electron chi connectivity index (χ2n) is 9.15. The fraction of sp³-hybridized carbons (Fsp3) is 0.542. The van der Waals surface area contributed by atoms with E-state index >= 15 is 0 Å². The van der Waals surface area contributed by atoms with Crippen LogP contribution in [0.1, 0.15) is 26.2 Å². The zero-order valence-corrected chi connectivity index (χ0v) is 21.6. The Morgan fingerprint density at radius 2 is 2.06 bits per heavy atom. The van der Waals surface area contributed by atoms with Crippen LogP contribution in [0, 0.1) is 11.8 Å². The summed E-state index contributed by atoms with van der Waals surface area (Å²) >= 11 is 3.32. The number of nitrogens with two attached hydrogens (primary N) is 1. The van der Waals surface area contributed by atoms with Crippen molar-refractivity contribution in [1.82, 2.24) is 10.2 Å². The van der Waals surface area contributed by atoms with Gasteiger partial charge in [-0.05, 0) is 37.1 Å². The third kappa shape index (κ3) is 5.83. The molecule has 5 atom stereocenters. The van der Waals surface area contributed by atoms with Crippen molar-refractivity contribution in [3.63, 3.8) is 0 Å². The number of nitrogens with one attached hydrogen (secondary N) is 2. The molecule has 0 aromatic heterocycles. The van der Waals surface area contributed by atoms with Gasteiger partial charge in [0.2, 0.25) is 17.7 Å². The Labute approximate surface area is 218 Å². The summed E-state index contributed by atoms with van der Waals surface area (Å²) in [7, 11) is 0. The smallest absolute Gasteiger partial charge is 0.449 e. The summed E-state index contributed by atoms with van der Waals surface area (Å²) in [5.41, 5.74) is 6.15. The average molecular weight is 537 g/mol. The summed E-state index contributed by atoms with van der Waals surface area (Å²) in [5.74, 6) is 0.377. The number of β-lactam (4-membered cyclic amide) rings is 1. The van der Waals surface area contributed by atoms with E-state index in [0.29, 0.717) is 25.4 Å². The van der Waals surface area contributed by atoms with Gasteiger partial charge in [-0.25, -0.2) is 4.79 Å². The zero-order chi connectivity index (χ0) is 25.8. The second kappa shape index (κ2) is 11.9. The molecule has 0 aliphatic carbocycles. The average Bonchev–Trinajstić information content (AvgIpc) is 3.38. The Bertz CT molecular complexity index is 1020. The molecular formula is C24H32N4O6S2. The van der Waals surface area contributed by atoms with Gasteiger partial charge in [0.25, 0.3) is 0 Å². The highest BCUT2D eigenvalue weighted by Crippen LogP contribution is 2.52. The van der Waals surface area contributed by atoms with Gasteiger partial charge in [0.1, 0.15) is 0 Å². The first-order valence-corrected chi connectivity index (χ1v) is 13.9. The Hall–Kier alpha value is -2.25. The minimum atomic E-state index is -1.43. The number of amides is 2. The van der Waals surface area contributed by atoms with Crippen LogP contribution in [0.2, 0.25) is 0 Å². The molecule has 2 amide bonds. The van der Waals surface area contributed by atoms with E-state index in [1.807, 2.05) is 31.2 Å². The third-order valence-corrected chi connectivity index (χ3v) is 9.35. The predicted molar refractivity (Wildman–Crippen MR) is 138 cm³/mol. The number of carbonyl (C=O) groups excluding carboxylic acids is 2. The number of nitrogens with zero attached hydrogens (tertiary/aromatic N) is 1. The summed E-state index contributed by atoms with van der Waals surface area (Å²) in [4.78, 5) is 38.9. The summed E-state index contributed by atoms with van der Waals surface area (Å²) in [6.45, 7) is 3.01. The van der Waals surface area contributed by atoms with E-state index in [1.54, 1.807) is 23.5 Å².